The summed E-state index contributed by atoms with van der Waals surface area (Å²) in [7, 11) is 0. The summed E-state index contributed by atoms with van der Waals surface area (Å²) in [5.74, 6) is 1.85. The summed E-state index contributed by atoms with van der Waals surface area (Å²) >= 11 is 4.85. The van der Waals surface area contributed by atoms with E-state index in [2.05, 4.69) is 56.7 Å². The lowest BCUT2D eigenvalue weighted by atomic mass is 10.1. The second-order valence-electron chi connectivity index (χ2n) is 6.78. The molecule has 0 saturated heterocycles. The zero-order valence-corrected chi connectivity index (χ0v) is 17.8. The molecule has 27 heavy (non-hydrogen) atoms. The number of nitrogens with zero attached hydrogens (tertiary/aromatic N) is 3. The largest absolute Gasteiger partial charge is 0.305 e. The fraction of sp³-hybridized carbons (Fsp3) is 0.286. The summed E-state index contributed by atoms with van der Waals surface area (Å²) in [4.78, 5) is 12.5. The number of hydrogen-bond acceptors (Lipinski definition) is 4. The molecule has 0 spiro atoms. The molecule has 0 atom stereocenters. The highest BCUT2D eigenvalue weighted by Gasteiger charge is 2.16. The summed E-state index contributed by atoms with van der Waals surface area (Å²) in [5.41, 5.74) is 1.92. The summed E-state index contributed by atoms with van der Waals surface area (Å²) in [6.07, 6.45) is 0.738. The van der Waals surface area contributed by atoms with Crippen molar-refractivity contribution in [1.82, 2.24) is 14.8 Å². The SMILES string of the molecule is CC(C)Cn1c(Cc2ccccc2)nnc1SCC(=O)c1ccc(Br)cc1. The van der Waals surface area contributed by atoms with Gasteiger partial charge in [-0.05, 0) is 23.6 Å². The Balaban J connectivity index is 1.74. The number of thioether (sulfide) groups is 1. The highest BCUT2D eigenvalue weighted by atomic mass is 79.9. The van der Waals surface area contributed by atoms with E-state index in [1.54, 1.807) is 0 Å². The molecule has 4 nitrogen and oxygen atoms in total. The molecule has 0 aliphatic carbocycles. The first kappa shape index (κ1) is 19.8. The molecule has 0 saturated carbocycles. The smallest absolute Gasteiger partial charge is 0.191 e. The lowest BCUT2D eigenvalue weighted by molar-refractivity contribution is 0.102. The molecule has 2 aromatic carbocycles. The molecule has 0 bridgehead atoms. The number of rotatable bonds is 8. The molecule has 3 aromatic rings. The van der Waals surface area contributed by atoms with Crippen LogP contribution in [0, 0.1) is 5.92 Å². The molecular formula is C21H22BrN3OS. The van der Waals surface area contributed by atoms with Gasteiger partial charge in [-0.1, -0.05) is 84.0 Å². The topological polar surface area (TPSA) is 47.8 Å². The van der Waals surface area contributed by atoms with Crippen LogP contribution in [-0.4, -0.2) is 26.3 Å². The zero-order chi connectivity index (χ0) is 19.2. The van der Waals surface area contributed by atoms with Crippen molar-refractivity contribution >= 4 is 33.5 Å². The standard InChI is InChI=1S/C21H22BrN3OS/c1-15(2)13-25-20(12-16-6-4-3-5-7-16)23-24-21(25)27-14-19(26)17-8-10-18(22)11-9-17/h3-11,15H,12-14H2,1-2H3. The molecule has 3 rings (SSSR count). The maximum atomic E-state index is 12.5. The van der Waals surface area contributed by atoms with Crippen LogP contribution in [0.2, 0.25) is 0 Å². The molecule has 1 heterocycles. The number of benzene rings is 2. The lowest BCUT2D eigenvalue weighted by Crippen LogP contribution is -2.11. The van der Waals surface area contributed by atoms with E-state index in [1.807, 2.05) is 42.5 Å². The van der Waals surface area contributed by atoms with Crippen LogP contribution in [0.4, 0.5) is 0 Å². The molecule has 0 amide bonds. The maximum Gasteiger partial charge on any atom is 0.191 e. The molecule has 0 N–H and O–H groups in total. The van der Waals surface area contributed by atoms with E-state index in [-0.39, 0.29) is 5.78 Å². The number of carbonyl (C=O) groups excluding carboxylic acids is 1. The Bertz CT molecular complexity index is 892. The summed E-state index contributed by atoms with van der Waals surface area (Å²) < 4.78 is 3.12. The Morgan fingerprint density at radius 3 is 2.44 bits per heavy atom. The van der Waals surface area contributed by atoms with Gasteiger partial charge in [-0.25, -0.2) is 0 Å². The van der Waals surface area contributed by atoms with Gasteiger partial charge in [0.2, 0.25) is 0 Å². The van der Waals surface area contributed by atoms with Gasteiger partial charge < -0.3 is 4.57 Å². The Morgan fingerprint density at radius 2 is 1.78 bits per heavy atom. The van der Waals surface area contributed by atoms with E-state index in [0.29, 0.717) is 17.2 Å². The van der Waals surface area contributed by atoms with Crippen molar-refractivity contribution in [2.24, 2.45) is 5.92 Å². The first-order valence-electron chi connectivity index (χ1n) is 8.90. The molecule has 0 radical (unpaired) electrons. The molecule has 6 heteroatoms. The van der Waals surface area contributed by atoms with Crippen molar-refractivity contribution in [2.75, 3.05) is 5.75 Å². The second-order valence-corrected chi connectivity index (χ2v) is 8.64. The molecule has 0 fully saturated rings. The number of halogens is 1. The normalized spacial score (nSPS) is 11.1. The van der Waals surface area contributed by atoms with Crippen molar-refractivity contribution in [3.05, 3.63) is 76.0 Å². The summed E-state index contributed by atoms with van der Waals surface area (Å²) in [6.45, 7) is 5.19. The fourth-order valence-electron chi connectivity index (χ4n) is 2.73. The van der Waals surface area contributed by atoms with Gasteiger partial charge in [-0.2, -0.15) is 0 Å². The number of aromatic nitrogens is 3. The number of ketones is 1. The first-order valence-corrected chi connectivity index (χ1v) is 10.7. The van der Waals surface area contributed by atoms with Crippen molar-refractivity contribution in [2.45, 2.75) is 32.0 Å². The monoisotopic (exact) mass is 443 g/mol. The average Bonchev–Trinajstić information content (AvgIpc) is 3.02. The van der Waals surface area contributed by atoms with E-state index < -0.39 is 0 Å². The van der Waals surface area contributed by atoms with Crippen LogP contribution in [0.15, 0.2) is 64.2 Å². The van der Waals surface area contributed by atoms with Gasteiger partial charge in [-0.15, -0.1) is 10.2 Å². The van der Waals surface area contributed by atoms with Gasteiger partial charge in [0.1, 0.15) is 5.82 Å². The van der Waals surface area contributed by atoms with Gasteiger partial charge in [0, 0.05) is 23.0 Å². The van der Waals surface area contributed by atoms with Crippen molar-refractivity contribution in [3.63, 3.8) is 0 Å². The summed E-state index contributed by atoms with van der Waals surface area (Å²) in [5, 5.41) is 9.57. The van der Waals surface area contributed by atoms with Crippen LogP contribution in [0.1, 0.15) is 35.6 Å². The third-order valence-corrected chi connectivity index (χ3v) is 5.54. The highest BCUT2D eigenvalue weighted by Crippen LogP contribution is 2.22. The van der Waals surface area contributed by atoms with Crippen molar-refractivity contribution in [1.29, 1.82) is 0 Å². The molecule has 0 aliphatic rings. The minimum Gasteiger partial charge on any atom is -0.305 e. The minimum absolute atomic E-state index is 0.0937. The molecule has 0 unspecified atom stereocenters. The van der Waals surface area contributed by atoms with Crippen LogP contribution in [0.5, 0.6) is 0 Å². The van der Waals surface area contributed by atoms with E-state index in [0.717, 1.165) is 28.4 Å². The van der Waals surface area contributed by atoms with Crippen LogP contribution in [-0.2, 0) is 13.0 Å². The van der Waals surface area contributed by atoms with Crippen molar-refractivity contribution in [3.8, 4) is 0 Å². The Morgan fingerprint density at radius 1 is 1.07 bits per heavy atom. The van der Waals surface area contributed by atoms with E-state index in [9.17, 15) is 4.79 Å². The third kappa shape index (κ3) is 5.53. The minimum atomic E-state index is 0.0937. The second kappa shape index (κ2) is 9.33. The highest BCUT2D eigenvalue weighted by molar-refractivity contribution is 9.10. The van der Waals surface area contributed by atoms with E-state index >= 15 is 0 Å². The van der Waals surface area contributed by atoms with Gasteiger partial charge in [0.05, 0.1) is 5.75 Å². The molecular weight excluding hydrogens is 422 g/mol. The van der Waals surface area contributed by atoms with Crippen LogP contribution >= 0.6 is 27.7 Å². The van der Waals surface area contributed by atoms with Gasteiger partial charge in [-0.3, -0.25) is 4.79 Å². The van der Waals surface area contributed by atoms with Crippen LogP contribution in [0.25, 0.3) is 0 Å². The first-order chi connectivity index (χ1) is 13.0. The van der Waals surface area contributed by atoms with Crippen LogP contribution < -0.4 is 0 Å². The predicted molar refractivity (Wildman–Crippen MR) is 113 cm³/mol. The quantitative estimate of drug-likeness (QED) is 0.351. The van der Waals surface area contributed by atoms with Gasteiger partial charge in [0.15, 0.2) is 10.9 Å². The average molecular weight is 444 g/mol. The number of hydrogen-bond donors (Lipinski definition) is 0. The Labute approximate surface area is 172 Å². The number of Topliss-reactive ketones (excluding diaryl/α,β-unsaturated/α-hetero) is 1. The van der Waals surface area contributed by atoms with Crippen LogP contribution in [0.3, 0.4) is 0 Å². The molecule has 140 valence electrons. The fourth-order valence-corrected chi connectivity index (χ4v) is 3.86. The Kier molecular flexibility index (Phi) is 6.85. The third-order valence-electron chi connectivity index (χ3n) is 4.04. The molecule has 1 aromatic heterocycles. The molecule has 0 aliphatic heterocycles. The zero-order valence-electron chi connectivity index (χ0n) is 15.4. The lowest BCUT2D eigenvalue weighted by Gasteiger charge is -2.12. The Hall–Kier alpha value is -1.92. The van der Waals surface area contributed by atoms with Gasteiger partial charge >= 0.3 is 0 Å². The van der Waals surface area contributed by atoms with E-state index in [4.69, 9.17) is 0 Å². The summed E-state index contributed by atoms with van der Waals surface area (Å²) in [6, 6.07) is 17.7. The van der Waals surface area contributed by atoms with Crippen molar-refractivity contribution < 1.29 is 4.79 Å². The van der Waals surface area contributed by atoms with Gasteiger partial charge in [0.25, 0.3) is 0 Å². The maximum absolute atomic E-state index is 12.5. The predicted octanol–water partition coefficient (Wildman–Crippen LogP) is 5.26. The number of carbonyl (C=O) groups is 1. The van der Waals surface area contributed by atoms with E-state index in [1.165, 1.54) is 17.3 Å².